The van der Waals surface area contributed by atoms with E-state index in [0.29, 0.717) is 10.8 Å². The highest BCUT2D eigenvalue weighted by Crippen LogP contribution is 2.20. The van der Waals surface area contributed by atoms with Gasteiger partial charge in [-0.1, -0.05) is 23.4 Å². The minimum atomic E-state index is -0.499. The van der Waals surface area contributed by atoms with Gasteiger partial charge in [0.1, 0.15) is 5.56 Å². The van der Waals surface area contributed by atoms with Crippen LogP contribution in [0.5, 0.6) is 0 Å². The number of carbonyl (C=O) groups excluding carboxylic acids is 1. The van der Waals surface area contributed by atoms with E-state index in [1.807, 2.05) is 30.3 Å². The van der Waals surface area contributed by atoms with Gasteiger partial charge in [0.05, 0.1) is 12.3 Å². The van der Waals surface area contributed by atoms with Crippen LogP contribution in [0.25, 0.3) is 0 Å². The molecule has 0 saturated carbocycles. The van der Waals surface area contributed by atoms with Gasteiger partial charge in [-0.2, -0.15) is 0 Å². The van der Waals surface area contributed by atoms with Crippen molar-refractivity contribution in [1.82, 2.24) is 5.16 Å². The highest BCUT2D eigenvalue weighted by atomic mass is 32.1. The van der Waals surface area contributed by atoms with Crippen LogP contribution >= 0.6 is 12.2 Å². The van der Waals surface area contributed by atoms with E-state index in [2.05, 4.69) is 15.8 Å². The summed E-state index contributed by atoms with van der Waals surface area (Å²) in [5, 5.41) is 9.84. The normalized spacial score (nSPS) is 10.0. The van der Waals surface area contributed by atoms with Crippen molar-refractivity contribution >= 4 is 34.9 Å². The third kappa shape index (κ3) is 3.79. The fraction of sp³-hybridized carbons (Fsp3) is 0.214. The Balaban J connectivity index is 2.09. The van der Waals surface area contributed by atoms with Gasteiger partial charge in [0.25, 0.3) is 0 Å². The van der Waals surface area contributed by atoms with Crippen LogP contribution in [0.2, 0.25) is 0 Å². The van der Waals surface area contributed by atoms with E-state index in [1.165, 1.54) is 0 Å². The van der Waals surface area contributed by atoms with E-state index in [-0.39, 0.29) is 18.1 Å². The van der Waals surface area contributed by atoms with E-state index in [1.54, 1.807) is 13.8 Å². The number of ether oxygens (including phenoxy) is 1. The molecule has 6 nitrogen and oxygen atoms in total. The molecule has 7 heteroatoms. The summed E-state index contributed by atoms with van der Waals surface area (Å²) in [4.78, 5) is 11.9. The lowest BCUT2D eigenvalue weighted by atomic mass is 10.2. The number of rotatable bonds is 4. The van der Waals surface area contributed by atoms with Crippen molar-refractivity contribution in [2.24, 2.45) is 0 Å². The summed E-state index contributed by atoms with van der Waals surface area (Å²) in [7, 11) is 0. The van der Waals surface area contributed by atoms with Gasteiger partial charge in [0.2, 0.25) is 5.88 Å². The zero-order chi connectivity index (χ0) is 15.2. The average molecular weight is 305 g/mol. The van der Waals surface area contributed by atoms with Crippen LogP contribution in [0, 0.1) is 6.92 Å². The van der Waals surface area contributed by atoms with E-state index >= 15 is 0 Å². The summed E-state index contributed by atoms with van der Waals surface area (Å²) >= 11 is 5.18. The van der Waals surface area contributed by atoms with Crippen molar-refractivity contribution < 1.29 is 14.1 Å². The second-order valence-electron chi connectivity index (χ2n) is 4.14. The predicted octanol–water partition coefficient (Wildman–Crippen LogP) is 2.97. The number of hydrogen-bond acceptors (Lipinski definition) is 5. The Bertz CT molecular complexity index is 640. The number of hydrogen-bond donors (Lipinski definition) is 2. The average Bonchev–Trinajstić information content (AvgIpc) is 2.81. The van der Waals surface area contributed by atoms with E-state index in [4.69, 9.17) is 21.5 Å². The lowest BCUT2D eigenvalue weighted by Gasteiger charge is -2.09. The number of para-hydroxylation sites is 1. The fourth-order valence-corrected chi connectivity index (χ4v) is 1.90. The zero-order valence-electron chi connectivity index (χ0n) is 11.7. The van der Waals surface area contributed by atoms with Crippen LogP contribution in [0.3, 0.4) is 0 Å². The molecule has 0 bridgehead atoms. The van der Waals surface area contributed by atoms with Crippen LogP contribution in [-0.2, 0) is 4.74 Å². The number of thiocarbonyl (C=S) groups is 1. The van der Waals surface area contributed by atoms with Crippen molar-refractivity contribution in [3.63, 3.8) is 0 Å². The topological polar surface area (TPSA) is 76.4 Å². The van der Waals surface area contributed by atoms with Crippen molar-refractivity contribution in [1.29, 1.82) is 0 Å². The van der Waals surface area contributed by atoms with Crippen LogP contribution in [0.15, 0.2) is 34.9 Å². The van der Waals surface area contributed by atoms with Crippen LogP contribution in [0.1, 0.15) is 23.0 Å². The van der Waals surface area contributed by atoms with Gasteiger partial charge in [-0.3, -0.25) is 0 Å². The third-order valence-electron chi connectivity index (χ3n) is 2.60. The Hall–Kier alpha value is -2.41. The Morgan fingerprint density at radius 2 is 2.05 bits per heavy atom. The molecule has 0 amide bonds. The minimum Gasteiger partial charge on any atom is -0.462 e. The molecule has 21 heavy (non-hydrogen) atoms. The summed E-state index contributed by atoms with van der Waals surface area (Å²) in [6.07, 6.45) is 0. The maximum atomic E-state index is 11.9. The maximum absolute atomic E-state index is 11.9. The first-order valence-electron chi connectivity index (χ1n) is 6.38. The molecule has 0 unspecified atom stereocenters. The SMILES string of the molecule is CCOC(=O)c1c(C)noc1NC(=S)Nc1ccccc1. The second-order valence-corrected chi connectivity index (χ2v) is 4.55. The molecule has 0 radical (unpaired) electrons. The van der Waals surface area contributed by atoms with Gasteiger partial charge in [0, 0.05) is 5.69 Å². The van der Waals surface area contributed by atoms with Gasteiger partial charge in [-0.05, 0) is 38.2 Å². The monoisotopic (exact) mass is 305 g/mol. The predicted molar refractivity (Wildman–Crippen MR) is 83.5 cm³/mol. The van der Waals surface area contributed by atoms with Crippen molar-refractivity contribution in [2.75, 3.05) is 17.2 Å². The molecular formula is C14H15N3O3S. The van der Waals surface area contributed by atoms with E-state index in [9.17, 15) is 4.79 Å². The van der Waals surface area contributed by atoms with Crippen LogP contribution in [-0.4, -0.2) is 22.8 Å². The van der Waals surface area contributed by atoms with Gasteiger partial charge in [-0.25, -0.2) is 4.79 Å². The number of nitrogens with zero attached hydrogens (tertiary/aromatic N) is 1. The summed E-state index contributed by atoms with van der Waals surface area (Å²) in [5.41, 5.74) is 1.51. The highest BCUT2D eigenvalue weighted by molar-refractivity contribution is 7.80. The molecule has 110 valence electrons. The number of anilines is 2. The fourth-order valence-electron chi connectivity index (χ4n) is 1.69. The first-order valence-corrected chi connectivity index (χ1v) is 6.79. The first-order chi connectivity index (χ1) is 10.1. The molecule has 0 aliphatic rings. The molecule has 0 aliphatic heterocycles. The molecule has 0 saturated heterocycles. The standard InChI is InChI=1S/C14H15N3O3S/c1-3-19-13(18)11-9(2)17-20-12(11)16-14(21)15-10-7-5-4-6-8-10/h4-8H,3H2,1-2H3,(H2,15,16,21). The molecule has 0 fully saturated rings. The summed E-state index contributed by atoms with van der Waals surface area (Å²) < 4.78 is 10.0. The van der Waals surface area contributed by atoms with Crippen molar-refractivity contribution in [3.8, 4) is 0 Å². The smallest absolute Gasteiger partial charge is 0.345 e. The number of nitrogens with one attached hydrogen (secondary N) is 2. The molecule has 1 aromatic carbocycles. The quantitative estimate of drug-likeness (QED) is 0.664. The lowest BCUT2D eigenvalue weighted by Crippen LogP contribution is -2.20. The molecule has 0 spiro atoms. The molecular weight excluding hydrogens is 290 g/mol. The summed E-state index contributed by atoms with van der Waals surface area (Å²) in [6.45, 7) is 3.67. The summed E-state index contributed by atoms with van der Waals surface area (Å²) in [6, 6.07) is 9.40. The first kappa shape index (κ1) is 15.0. The molecule has 1 aromatic heterocycles. The number of aryl methyl sites for hydroxylation is 1. The maximum Gasteiger partial charge on any atom is 0.345 e. The van der Waals surface area contributed by atoms with Gasteiger partial charge < -0.3 is 19.9 Å². The van der Waals surface area contributed by atoms with Gasteiger partial charge in [-0.15, -0.1) is 0 Å². The van der Waals surface area contributed by atoms with Crippen LogP contribution < -0.4 is 10.6 Å². The number of esters is 1. The Morgan fingerprint density at radius 1 is 1.33 bits per heavy atom. The van der Waals surface area contributed by atoms with Crippen molar-refractivity contribution in [2.45, 2.75) is 13.8 Å². The van der Waals surface area contributed by atoms with Crippen LogP contribution in [0.4, 0.5) is 11.6 Å². The number of benzene rings is 1. The van der Waals surface area contributed by atoms with Gasteiger partial charge >= 0.3 is 5.97 Å². The van der Waals surface area contributed by atoms with E-state index < -0.39 is 5.97 Å². The Morgan fingerprint density at radius 3 is 2.71 bits per heavy atom. The molecule has 2 N–H and O–H groups in total. The van der Waals surface area contributed by atoms with Gasteiger partial charge in [0.15, 0.2) is 5.11 Å². The molecule has 1 heterocycles. The molecule has 0 aliphatic carbocycles. The minimum absolute atomic E-state index is 0.166. The largest absolute Gasteiger partial charge is 0.462 e. The molecule has 2 aromatic rings. The third-order valence-corrected chi connectivity index (χ3v) is 2.81. The van der Waals surface area contributed by atoms with E-state index in [0.717, 1.165) is 5.69 Å². The Kier molecular flexibility index (Phi) is 4.89. The number of aromatic nitrogens is 1. The lowest BCUT2D eigenvalue weighted by molar-refractivity contribution is 0.0526. The van der Waals surface area contributed by atoms with Crippen molar-refractivity contribution in [3.05, 3.63) is 41.6 Å². The molecule has 0 atom stereocenters. The second kappa shape index (κ2) is 6.85. The zero-order valence-corrected chi connectivity index (χ0v) is 12.5. The highest BCUT2D eigenvalue weighted by Gasteiger charge is 2.22. The number of carbonyl (C=O) groups is 1. The Labute approximate surface area is 127 Å². The molecule has 2 rings (SSSR count). The summed E-state index contributed by atoms with van der Waals surface area (Å²) in [5.74, 6) is -0.333.